The molecule has 2 aromatic carbocycles. The first-order valence-corrected chi connectivity index (χ1v) is 9.64. The van der Waals surface area contributed by atoms with Crippen molar-refractivity contribution < 1.29 is 18.7 Å². The fraction of sp³-hybridized carbons (Fsp3) is 0.182. The summed E-state index contributed by atoms with van der Waals surface area (Å²) in [4.78, 5) is 26.7. The Morgan fingerprint density at radius 3 is 2.72 bits per heavy atom. The van der Waals surface area contributed by atoms with Crippen molar-refractivity contribution in [3.8, 4) is 5.75 Å². The van der Waals surface area contributed by atoms with Gasteiger partial charge in [-0.3, -0.25) is 9.59 Å². The maximum atomic E-state index is 12.8. The van der Waals surface area contributed by atoms with Crippen LogP contribution >= 0.6 is 11.6 Å². The molecule has 7 heteroatoms. The lowest BCUT2D eigenvalue weighted by Gasteiger charge is -2.29. The van der Waals surface area contributed by atoms with Gasteiger partial charge in [0, 0.05) is 22.9 Å². The van der Waals surface area contributed by atoms with Gasteiger partial charge in [-0.25, -0.2) is 0 Å². The van der Waals surface area contributed by atoms with Crippen molar-refractivity contribution in [3.05, 3.63) is 77.2 Å². The van der Waals surface area contributed by atoms with Crippen molar-refractivity contribution in [3.63, 3.8) is 0 Å². The summed E-state index contributed by atoms with van der Waals surface area (Å²) in [6, 6.07) is 15.7. The number of amides is 2. The molecule has 6 nitrogen and oxygen atoms in total. The number of nitrogens with one attached hydrogen (secondary N) is 1. The number of hydrogen-bond donors (Lipinski definition) is 1. The van der Waals surface area contributed by atoms with Gasteiger partial charge in [0.2, 0.25) is 0 Å². The molecule has 0 fully saturated rings. The van der Waals surface area contributed by atoms with E-state index < -0.39 is 0 Å². The molecule has 1 aliphatic heterocycles. The zero-order valence-electron chi connectivity index (χ0n) is 15.6. The zero-order valence-corrected chi connectivity index (χ0v) is 16.3. The van der Waals surface area contributed by atoms with Gasteiger partial charge in [0.15, 0.2) is 12.4 Å². The lowest BCUT2D eigenvalue weighted by atomic mass is 10.0. The minimum absolute atomic E-state index is 0.131. The monoisotopic (exact) mass is 410 g/mol. The largest absolute Gasteiger partial charge is 0.484 e. The van der Waals surface area contributed by atoms with Crippen molar-refractivity contribution in [2.24, 2.45) is 0 Å². The highest BCUT2D eigenvalue weighted by atomic mass is 35.5. The molecule has 0 spiro atoms. The summed E-state index contributed by atoms with van der Waals surface area (Å²) < 4.78 is 10.7. The average molecular weight is 411 g/mol. The van der Waals surface area contributed by atoms with E-state index in [1.165, 1.54) is 6.26 Å². The number of halogens is 1. The molecule has 1 aliphatic rings. The van der Waals surface area contributed by atoms with Crippen LogP contribution in [0.3, 0.4) is 0 Å². The Kier molecular flexibility index (Phi) is 5.53. The topological polar surface area (TPSA) is 71.8 Å². The van der Waals surface area contributed by atoms with E-state index in [1.807, 2.05) is 18.2 Å². The highest BCUT2D eigenvalue weighted by molar-refractivity contribution is 6.30. The Labute approximate surface area is 173 Å². The van der Waals surface area contributed by atoms with Gasteiger partial charge in [-0.05, 0) is 66.9 Å². The number of fused-ring (bicyclic) bond motifs is 1. The molecule has 0 aliphatic carbocycles. The van der Waals surface area contributed by atoms with Gasteiger partial charge >= 0.3 is 0 Å². The van der Waals surface area contributed by atoms with E-state index in [2.05, 4.69) is 5.32 Å². The normalized spacial score (nSPS) is 12.9. The number of ether oxygens (including phenoxy) is 1. The van der Waals surface area contributed by atoms with Crippen molar-refractivity contribution in [2.75, 3.05) is 23.4 Å². The van der Waals surface area contributed by atoms with Crippen LogP contribution in [0.5, 0.6) is 5.75 Å². The lowest BCUT2D eigenvalue weighted by Crippen LogP contribution is -2.35. The quantitative estimate of drug-likeness (QED) is 0.670. The predicted molar refractivity (Wildman–Crippen MR) is 111 cm³/mol. The molecule has 3 aromatic rings. The third kappa shape index (κ3) is 4.43. The SMILES string of the molecule is O=C(COc1ccc(Cl)cc1)Nc1ccc2c(c1)N(C(=O)c1ccco1)CCC2. The van der Waals surface area contributed by atoms with E-state index in [0.29, 0.717) is 28.8 Å². The van der Waals surface area contributed by atoms with Gasteiger partial charge in [0.1, 0.15) is 5.75 Å². The first-order chi connectivity index (χ1) is 14.1. The Morgan fingerprint density at radius 1 is 1.14 bits per heavy atom. The van der Waals surface area contributed by atoms with Crippen LogP contribution < -0.4 is 15.0 Å². The van der Waals surface area contributed by atoms with E-state index >= 15 is 0 Å². The fourth-order valence-electron chi connectivity index (χ4n) is 3.27. The molecule has 29 heavy (non-hydrogen) atoms. The first kappa shape index (κ1) is 19.1. The van der Waals surface area contributed by atoms with Crippen LogP contribution in [-0.4, -0.2) is 25.0 Å². The van der Waals surface area contributed by atoms with Gasteiger partial charge in [0.05, 0.1) is 6.26 Å². The Bertz CT molecular complexity index is 1020. The second-order valence-electron chi connectivity index (χ2n) is 6.67. The summed E-state index contributed by atoms with van der Waals surface area (Å²) >= 11 is 5.84. The second kappa shape index (κ2) is 8.41. The van der Waals surface area contributed by atoms with E-state index in [9.17, 15) is 9.59 Å². The molecule has 1 N–H and O–H groups in total. The van der Waals surface area contributed by atoms with Gasteiger partial charge in [0.25, 0.3) is 11.8 Å². The molecule has 0 saturated carbocycles. The van der Waals surface area contributed by atoms with Crippen LogP contribution in [0.4, 0.5) is 11.4 Å². The lowest BCUT2D eigenvalue weighted by molar-refractivity contribution is -0.118. The van der Waals surface area contributed by atoms with Crippen molar-refractivity contribution in [1.29, 1.82) is 0 Å². The molecule has 0 bridgehead atoms. The van der Waals surface area contributed by atoms with Crippen molar-refractivity contribution in [1.82, 2.24) is 0 Å². The highest BCUT2D eigenvalue weighted by Crippen LogP contribution is 2.31. The number of nitrogens with zero attached hydrogens (tertiary/aromatic N) is 1. The van der Waals surface area contributed by atoms with Crippen LogP contribution in [0.1, 0.15) is 22.5 Å². The number of aryl methyl sites for hydroxylation is 1. The van der Waals surface area contributed by atoms with E-state index in [4.69, 9.17) is 20.8 Å². The summed E-state index contributed by atoms with van der Waals surface area (Å²) in [5, 5.41) is 3.42. The van der Waals surface area contributed by atoms with E-state index in [1.54, 1.807) is 41.3 Å². The molecule has 0 saturated heterocycles. The summed E-state index contributed by atoms with van der Waals surface area (Å²) in [5.74, 6) is 0.374. The van der Waals surface area contributed by atoms with Crippen LogP contribution in [-0.2, 0) is 11.2 Å². The van der Waals surface area contributed by atoms with Gasteiger partial charge in [-0.2, -0.15) is 0 Å². The van der Waals surface area contributed by atoms with E-state index in [-0.39, 0.29) is 18.4 Å². The summed E-state index contributed by atoms with van der Waals surface area (Å²) in [7, 11) is 0. The summed E-state index contributed by atoms with van der Waals surface area (Å²) in [6.07, 6.45) is 3.24. The minimum atomic E-state index is -0.292. The molecule has 0 radical (unpaired) electrons. The molecule has 2 amide bonds. The van der Waals surface area contributed by atoms with Crippen LogP contribution in [0, 0.1) is 0 Å². The van der Waals surface area contributed by atoms with Crippen LogP contribution in [0.25, 0.3) is 0 Å². The number of benzene rings is 2. The molecular weight excluding hydrogens is 392 g/mol. The summed E-state index contributed by atoms with van der Waals surface area (Å²) in [5.41, 5.74) is 2.45. The fourth-order valence-corrected chi connectivity index (χ4v) is 3.40. The number of anilines is 2. The van der Waals surface area contributed by atoms with Crippen LogP contribution in [0.15, 0.2) is 65.3 Å². The van der Waals surface area contributed by atoms with Gasteiger partial charge in [-0.15, -0.1) is 0 Å². The smallest absolute Gasteiger partial charge is 0.293 e. The average Bonchev–Trinajstić information content (AvgIpc) is 3.27. The number of furan rings is 1. The molecule has 0 unspecified atom stereocenters. The first-order valence-electron chi connectivity index (χ1n) is 9.27. The summed E-state index contributed by atoms with van der Waals surface area (Å²) in [6.45, 7) is 0.470. The molecule has 4 rings (SSSR count). The third-order valence-electron chi connectivity index (χ3n) is 4.65. The van der Waals surface area contributed by atoms with E-state index in [0.717, 1.165) is 24.1 Å². The highest BCUT2D eigenvalue weighted by Gasteiger charge is 2.25. The molecular formula is C22H19ClN2O4. The number of carbonyl (C=O) groups excluding carboxylic acids is 2. The molecule has 0 atom stereocenters. The van der Waals surface area contributed by atoms with Crippen molar-refractivity contribution in [2.45, 2.75) is 12.8 Å². The molecule has 2 heterocycles. The predicted octanol–water partition coefficient (Wildman–Crippen LogP) is 4.54. The Morgan fingerprint density at radius 2 is 1.97 bits per heavy atom. The Balaban J connectivity index is 1.45. The number of carbonyl (C=O) groups is 2. The maximum Gasteiger partial charge on any atom is 0.293 e. The van der Waals surface area contributed by atoms with Crippen molar-refractivity contribution >= 4 is 34.8 Å². The molecule has 1 aromatic heterocycles. The number of hydrogen-bond acceptors (Lipinski definition) is 4. The van der Waals surface area contributed by atoms with Gasteiger partial charge in [-0.1, -0.05) is 17.7 Å². The maximum absolute atomic E-state index is 12.8. The Hall–Kier alpha value is -3.25. The van der Waals surface area contributed by atoms with Crippen LogP contribution in [0.2, 0.25) is 5.02 Å². The van der Waals surface area contributed by atoms with Gasteiger partial charge < -0.3 is 19.4 Å². The second-order valence-corrected chi connectivity index (χ2v) is 7.11. The third-order valence-corrected chi connectivity index (χ3v) is 4.90. The zero-order chi connectivity index (χ0) is 20.2. The standard InChI is InChI=1S/C22H19ClN2O4/c23-16-6-9-18(10-7-16)29-14-21(26)24-17-8-5-15-3-1-11-25(19(15)13-17)22(27)20-4-2-12-28-20/h2,4-10,12-13H,1,3,11,14H2,(H,24,26). The molecule has 148 valence electrons. The minimum Gasteiger partial charge on any atom is -0.484 e. The number of rotatable bonds is 5.